The van der Waals surface area contributed by atoms with Gasteiger partial charge in [-0.3, -0.25) is 9.80 Å². The molecule has 4 heterocycles. The van der Waals surface area contributed by atoms with Gasteiger partial charge in [0.15, 0.2) is 23.0 Å². The van der Waals surface area contributed by atoms with E-state index >= 15 is 0 Å². The molecule has 286 valence electrons. The molecule has 4 aromatic rings. The van der Waals surface area contributed by atoms with Crippen LogP contribution in [0.25, 0.3) is 0 Å². The zero-order valence-corrected chi connectivity index (χ0v) is 33.9. The summed E-state index contributed by atoms with van der Waals surface area (Å²) in [4.78, 5) is 4.69. The van der Waals surface area contributed by atoms with Crippen molar-refractivity contribution >= 4 is 18.7 Å². The number of fused-ring (bicyclic) bond motifs is 9. The van der Waals surface area contributed by atoms with E-state index in [1.165, 1.54) is 10.4 Å². The summed E-state index contributed by atoms with van der Waals surface area (Å²) < 4.78 is 32.7. The highest BCUT2D eigenvalue weighted by Gasteiger charge is 2.58. The lowest BCUT2D eigenvalue weighted by molar-refractivity contribution is -0.0812. The summed E-state index contributed by atoms with van der Waals surface area (Å²) in [5.74, 6) is 2.75. The van der Waals surface area contributed by atoms with Crippen molar-refractivity contribution in [1.82, 2.24) is 9.80 Å². The van der Waals surface area contributed by atoms with Crippen molar-refractivity contribution in [3.05, 3.63) is 113 Å². The number of nitrogens with zero attached hydrogens (tertiary/aromatic N) is 3. The lowest BCUT2D eigenvalue weighted by Gasteiger charge is -2.60. The summed E-state index contributed by atoms with van der Waals surface area (Å²) in [6.07, 6.45) is 2.91. The maximum absolute atomic E-state index is 12.0. The van der Waals surface area contributed by atoms with E-state index < -0.39 is 20.4 Å². The fraction of sp³-hybridized carbons (Fsp3) is 0.400. The second-order valence-electron chi connectivity index (χ2n) is 16.3. The van der Waals surface area contributed by atoms with Crippen LogP contribution in [0.3, 0.4) is 0 Å². The Morgan fingerprint density at radius 1 is 0.964 bits per heavy atom. The summed E-state index contributed by atoms with van der Waals surface area (Å²) in [5.41, 5.74) is 5.61. The molecule has 4 aromatic carbocycles. The van der Waals surface area contributed by atoms with E-state index in [0.717, 1.165) is 39.1 Å². The highest BCUT2D eigenvalue weighted by molar-refractivity contribution is 6.99. The fourth-order valence-electron chi connectivity index (χ4n) is 10.3. The molecule has 0 aromatic heterocycles. The van der Waals surface area contributed by atoms with E-state index in [-0.39, 0.29) is 42.3 Å². The Hall–Kier alpha value is -4.79. The number of ether oxygens (including phenoxy) is 4. The molecule has 0 unspecified atom stereocenters. The molecule has 1 N–H and O–H groups in total. The molecule has 0 spiro atoms. The number of nitriles is 1. The number of benzene rings is 4. The van der Waals surface area contributed by atoms with Crippen LogP contribution in [0.5, 0.6) is 28.7 Å². The van der Waals surface area contributed by atoms with E-state index in [4.69, 9.17) is 23.4 Å². The summed E-state index contributed by atoms with van der Waals surface area (Å²) in [6.45, 7) is 15.5. The van der Waals surface area contributed by atoms with Crippen molar-refractivity contribution in [2.24, 2.45) is 0 Å². The highest BCUT2D eigenvalue weighted by Crippen LogP contribution is 2.58. The number of piperazine rings is 1. The van der Waals surface area contributed by atoms with Crippen molar-refractivity contribution in [2.75, 3.05) is 34.2 Å². The minimum Gasteiger partial charge on any atom is -0.504 e. The zero-order chi connectivity index (χ0) is 38.8. The summed E-state index contributed by atoms with van der Waals surface area (Å²) in [7, 11) is 0.661. The van der Waals surface area contributed by atoms with Gasteiger partial charge in [0.1, 0.15) is 18.4 Å². The molecule has 4 aliphatic rings. The Morgan fingerprint density at radius 2 is 1.62 bits per heavy atom. The molecule has 9 nitrogen and oxygen atoms in total. The van der Waals surface area contributed by atoms with Crippen molar-refractivity contribution in [2.45, 2.75) is 82.7 Å². The number of phenolic OH excluding ortho intramolecular Hbond substituents is 1. The number of hydrogen-bond acceptors (Lipinski definition) is 9. The van der Waals surface area contributed by atoms with Crippen LogP contribution in [0, 0.1) is 25.2 Å². The van der Waals surface area contributed by atoms with E-state index in [1.807, 2.05) is 13.8 Å². The van der Waals surface area contributed by atoms with E-state index in [9.17, 15) is 10.4 Å². The minimum absolute atomic E-state index is 0.0926. The number of likely N-dealkylation sites (N-methyl/N-ethyl adjacent to an activating group) is 1. The quantitative estimate of drug-likeness (QED) is 0.149. The van der Waals surface area contributed by atoms with Gasteiger partial charge in [-0.2, -0.15) is 5.26 Å². The number of methoxy groups -OCH3 is 1. The Labute approximate surface area is 325 Å². The van der Waals surface area contributed by atoms with Gasteiger partial charge in [0.2, 0.25) is 6.79 Å². The molecule has 55 heavy (non-hydrogen) atoms. The molecule has 0 radical (unpaired) electrons. The van der Waals surface area contributed by atoms with Crippen molar-refractivity contribution in [3.8, 4) is 34.8 Å². The highest BCUT2D eigenvalue weighted by atomic mass is 28.4. The fourth-order valence-corrected chi connectivity index (χ4v) is 14.9. The van der Waals surface area contributed by atoms with Gasteiger partial charge in [0, 0.05) is 34.3 Å². The normalized spacial score (nSPS) is 22.9. The molecular formula is C45H51N3O6Si. The topological polar surface area (TPSA) is 96.7 Å². The lowest BCUT2D eigenvalue weighted by Crippen LogP contribution is -2.70. The van der Waals surface area contributed by atoms with Gasteiger partial charge in [-0.05, 0) is 60.3 Å². The van der Waals surface area contributed by atoms with Crippen molar-refractivity contribution < 1.29 is 28.5 Å². The van der Waals surface area contributed by atoms with Gasteiger partial charge in [0.05, 0.1) is 31.9 Å². The predicted molar refractivity (Wildman–Crippen MR) is 215 cm³/mol. The third-order valence-corrected chi connectivity index (χ3v) is 17.5. The van der Waals surface area contributed by atoms with Gasteiger partial charge in [-0.1, -0.05) is 100 Å². The Kier molecular flexibility index (Phi) is 9.49. The molecule has 4 aliphatic heterocycles. The maximum Gasteiger partial charge on any atom is 0.261 e. The van der Waals surface area contributed by atoms with E-state index in [0.29, 0.717) is 36.7 Å². The molecule has 1 fully saturated rings. The van der Waals surface area contributed by atoms with Crippen LogP contribution in [0.1, 0.15) is 66.2 Å². The minimum atomic E-state index is -3.03. The number of phenols is 1. The van der Waals surface area contributed by atoms with Crippen molar-refractivity contribution in [1.29, 1.82) is 5.26 Å². The summed E-state index contributed by atoms with van der Waals surface area (Å²) in [5, 5.41) is 25.3. The predicted octanol–water partition coefficient (Wildman–Crippen LogP) is 6.66. The van der Waals surface area contributed by atoms with Crippen molar-refractivity contribution in [3.63, 3.8) is 0 Å². The molecular weight excluding hydrogens is 707 g/mol. The molecule has 0 aliphatic carbocycles. The molecule has 10 heteroatoms. The zero-order valence-electron chi connectivity index (χ0n) is 32.9. The molecule has 0 saturated carbocycles. The number of hydrogen-bond donors (Lipinski definition) is 1. The van der Waals surface area contributed by atoms with Crippen LogP contribution >= 0.6 is 0 Å². The van der Waals surface area contributed by atoms with Crippen LogP contribution in [-0.2, 0) is 17.3 Å². The van der Waals surface area contributed by atoms with E-state index in [2.05, 4.69) is 117 Å². The van der Waals surface area contributed by atoms with Gasteiger partial charge in [0.25, 0.3) is 8.32 Å². The smallest absolute Gasteiger partial charge is 0.261 e. The Bertz CT molecular complexity index is 2120. The second-order valence-corrected chi connectivity index (χ2v) is 20.6. The van der Waals surface area contributed by atoms with Gasteiger partial charge < -0.3 is 28.5 Å². The van der Waals surface area contributed by atoms with Crippen LogP contribution in [0.15, 0.2) is 79.4 Å². The van der Waals surface area contributed by atoms with Gasteiger partial charge in [-0.25, -0.2) is 0 Å². The van der Waals surface area contributed by atoms with Crippen LogP contribution < -0.4 is 29.3 Å². The summed E-state index contributed by atoms with van der Waals surface area (Å²) in [6, 6.07) is 24.7. The van der Waals surface area contributed by atoms with Gasteiger partial charge >= 0.3 is 0 Å². The average molecular weight is 758 g/mol. The monoisotopic (exact) mass is 757 g/mol. The number of aryl methyl sites for hydroxylation is 1. The first kappa shape index (κ1) is 37.1. The summed E-state index contributed by atoms with van der Waals surface area (Å²) >= 11 is 0. The van der Waals surface area contributed by atoms with E-state index in [1.54, 1.807) is 13.2 Å². The number of aromatic hydroxyl groups is 1. The molecule has 8 rings (SSSR count). The largest absolute Gasteiger partial charge is 0.504 e. The third-order valence-electron chi connectivity index (χ3n) is 12.5. The maximum atomic E-state index is 12.0. The van der Waals surface area contributed by atoms with Gasteiger partial charge in [-0.15, -0.1) is 0 Å². The first-order valence-electron chi connectivity index (χ1n) is 19.2. The molecule has 0 amide bonds. The first-order valence-corrected chi connectivity index (χ1v) is 21.1. The number of rotatable bonds is 9. The Morgan fingerprint density at radius 3 is 2.22 bits per heavy atom. The van der Waals surface area contributed by atoms with Crippen LogP contribution in [0.2, 0.25) is 5.04 Å². The molecule has 5 atom stereocenters. The standard InChI is InChI=1S/C45H51N3O6Si/c1-9-20-51-42-28(3)43-44(53-26-52-43)38-32(42)23-34-39-37-29(21-27(2)41(50-8)40(37)49)22-33(47(39)7)35(24-46)48(34)36(38)25-54-55(45(4,5)6,30-16-12-10-13-17-30)31-18-14-11-15-19-31/h9-19,21,33-36,39,49H,1,20,22-23,25-26H2,2-8H3/t33-,34-,35-,36-,39-/m0/s1. The van der Waals surface area contributed by atoms with Crippen LogP contribution in [-0.4, -0.2) is 75.5 Å². The second kappa shape index (κ2) is 14.1. The third kappa shape index (κ3) is 5.58. The SMILES string of the molecule is C=CCOc1c(C)c2c(c3c1C[C@H]1[C@H]4c5c(cc(C)c(OC)c5O)C[C@@H]([C@H](C#N)N1[C@H]3CO[Si](c1ccccc1)(c1ccccc1)C(C)(C)C)N4C)OCO2. The first-order chi connectivity index (χ1) is 26.5. The molecule has 1 saturated heterocycles. The van der Waals surface area contributed by atoms with Crippen LogP contribution in [0.4, 0.5) is 0 Å². The Balaban J connectivity index is 1.38. The molecule has 2 bridgehead atoms. The average Bonchev–Trinajstić information content (AvgIpc) is 3.66. The lowest BCUT2D eigenvalue weighted by atomic mass is 9.71.